The molecule has 0 saturated heterocycles. The van der Waals surface area contributed by atoms with Gasteiger partial charge in [-0.15, -0.1) is 4.57 Å². The molecule has 0 fully saturated rings. The Balaban J connectivity index is 0.00000112. The SMILES string of the molecule is Cc1cccc2c1[n+](C#N)c(C)n2N.[Cl-]. The zero-order valence-corrected chi connectivity index (χ0v) is 9.28. The monoisotopic (exact) mass is 222 g/mol. The molecule has 0 aliphatic carbocycles. The van der Waals surface area contributed by atoms with Gasteiger partial charge in [-0.2, -0.15) is 4.68 Å². The van der Waals surface area contributed by atoms with Crippen molar-refractivity contribution in [2.45, 2.75) is 13.8 Å². The van der Waals surface area contributed by atoms with E-state index in [0.29, 0.717) is 0 Å². The van der Waals surface area contributed by atoms with Crippen molar-refractivity contribution in [3.8, 4) is 6.19 Å². The van der Waals surface area contributed by atoms with E-state index in [1.165, 1.54) is 4.68 Å². The first-order valence-electron chi connectivity index (χ1n) is 4.34. The highest BCUT2D eigenvalue weighted by atomic mass is 35.5. The van der Waals surface area contributed by atoms with Crippen molar-refractivity contribution < 1.29 is 17.0 Å². The van der Waals surface area contributed by atoms with Crippen molar-refractivity contribution in [1.82, 2.24) is 4.68 Å². The van der Waals surface area contributed by atoms with E-state index in [4.69, 9.17) is 11.1 Å². The third-order valence-corrected chi connectivity index (χ3v) is 2.47. The van der Waals surface area contributed by atoms with Crippen molar-refractivity contribution in [1.29, 1.82) is 5.26 Å². The Hall–Kier alpha value is -1.73. The molecule has 1 aromatic carbocycles. The van der Waals surface area contributed by atoms with Gasteiger partial charge in [0, 0.05) is 12.2 Å². The molecule has 1 aromatic heterocycles. The molecule has 2 rings (SSSR count). The maximum atomic E-state index is 9.00. The zero-order chi connectivity index (χ0) is 10.3. The van der Waals surface area contributed by atoms with Gasteiger partial charge >= 0.3 is 6.19 Å². The number of aromatic nitrogens is 2. The molecule has 15 heavy (non-hydrogen) atoms. The van der Waals surface area contributed by atoms with E-state index in [-0.39, 0.29) is 12.4 Å². The molecule has 0 atom stereocenters. The van der Waals surface area contributed by atoms with Gasteiger partial charge in [0.05, 0.1) is 0 Å². The number of para-hydroxylation sites is 1. The van der Waals surface area contributed by atoms with Crippen molar-refractivity contribution in [2.75, 3.05) is 5.84 Å². The molecule has 4 nitrogen and oxygen atoms in total. The summed E-state index contributed by atoms with van der Waals surface area (Å²) in [6.45, 7) is 3.79. The van der Waals surface area contributed by atoms with Crippen LogP contribution in [0.5, 0.6) is 0 Å². The highest BCUT2D eigenvalue weighted by Gasteiger charge is 2.18. The first kappa shape index (κ1) is 11.3. The van der Waals surface area contributed by atoms with Gasteiger partial charge in [-0.05, 0) is 18.6 Å². The molecule has 5 heteroatoms. The number of nitrogens with zero attached hydrogens (tertiary/aromatic N) is 3. The molecule has 2 aromatic rings. The number of nitriles is 1. The van der Waals surface area contributed by atoms with Crippen molar-refractivity contribution >= 4 is 11.0 Å². The summed E-state index contributed by atoms with van der Waals surface area (Å²) in [5, 5.41) is 9.00. The van der Waals surface area contributed by atoms with Gasteiger partial charge in [0.25, 0.3) is 0 Å². The number of nitrogens with two attached hydrogens (primary N) is 1. The third-order valence-electron chi connectivity index (χ3n) is 2.47. The van der Waals surface area contributed by atoms with Crippen LogP contribution in [0.1, 0.15) is 11.4 Å². The predicted octanol–water partition coefficient (Wildman–Crippen LogP) is -2.41. The summed E-state index contributed by atoms with van der Waals surface area (Å²) in [4.78, 5) is 0. The molecule has 0 bridgehead atoms. The number of imidazole rings is 1. The van der Waals surface area contributed by atoms with E-state index in [9.17, 15) is 0 Å². The number of benzene rings is 1. The molecular weight excluding hydrogens is 212 g/mol. The molecule has 1 heterocycles. The Morgan fingerprint density at radius 1 is 1.40 bits per heavy atom. The minimum absolute atomic E-state index is 0. The summed E-state index contributed by atoms with van der Waals surface area (Å²) in [6, 6.07) is 5.81. The second-order valence-electron chi connectivity index (χ2n) is 3.30. The van der Waals surface area contributed by atoms with E-state index in [1.54, 1.807) is 4.57 Å². The molecule has 0 saturated carbocycles. The first-order chi connectivity index (χ1) is 6.66. The zero-order valence-electron chi connectivity index (χ0n) is 8.53. The van der Waals surface area contributed by atoms with Gasteiger partial charge in [-0.3, -0.25) is 5.84 Å². The summed E-state index contributed by atoms with van der Waals surface area (Å²) in [7, 11) is 0. The van der Waals surface area contributed by atoms with Gasteiger partial charge in [-0.1, -0.05) is 12.1 Å². The fourth-order valence-corrected chi connectivity index (χ4v) is 1.69. The summed E-state index contributed by atoms with van der Waals surface area (Å²) >= 11 is 0. The molecule has 78 valence electrons. The normalized spacial score (nSPS) is 9.67. The lowest BCUT2D eigenvalue weighted by atomic mass is 10.2. The molecule has 0 unspecified atom stereocenters. The molecule has 2 N–H and O–H groups in total. The van der Waals surface area contributed by atoms with Crippen LogP contribution in [0.15, 0.2) is 18.2 Å². The minimum Gasteiger partial charge on any atom is -1.00 e. The number of rotatable bonds is 0. The standard InChI is InChI=1S/C10H11N4.ClH/c1-7-4-3-5-9-10(7)13(6-11)8(2)14(9)12;/h3-5H,12H2,1-2H3;1H/q+1;/p-1. The largest absolute Gasteiger partial charge is 1.00 e. The number of fused-ring (bicyclic) bond motifs is 1. The summed E-state index contributed by atoms with van der Waals surface area (Å²) in [5.41, 5.74) is 2.82. The lowest BCUT2D eigenvalue weighted by Gasteiger charge is -1.91. The number of hydrogen-bond donors (Lipinski definition) is 1. The maximum Gasteiger partial charge on any atom is 0.375 e. The van der Waals surface area contributed by atoms with Gasteiger partial charge < -0.3 is 12.4 Å². The Labute approximate surface area is 93.9 Å². The highest BCUT2D eigenvalue weighted by molar-refractivity contribution is 5.76. The topological polar surface area (TPSA) is 58.6 Å². The van der Waals surface area contributed by atoms with Crippen molar-refractivity contribution in [3.63, 3.8) is 0 Å². The Morgan fingerprint density at radius 2 is 2.07 bits per heavy atom. The van der Waals surface area contributed by atoms with Crippen LogP contribution in [0.25, 0.3) is 11.0 Å². The van der Waals surface area contributed by atoms with E-state index in [1.807, 2.05) is 32.0 Å². The third kappa shape index (κ3) is 1.41. The fourth-order valence-electron chi connectivity index (χ4n) is 1.69. The van der Waals surface area contributed by atoms with E-state index in [2.05, 4.69) is 6.19 Å². The van der Waals surface area contributed by atoms with Crippen LogP contribution in [-0.4, -0.2) is 4.68 Å². The van der Waals surface area contributed by atoms with E-state index in [0.717, 1.165) is 22.4 Å². The van der Waals surface area contributed by atoms with Gasteiger partial charge in [0.15, 0.2) is 11.0 Å². The molecular formula is C10H11ClN4. The van der Waals surface area contributed by atoms with Crippen LogP contribution in [0, 0.1) is 25.3 Å². The predicted molar refractivity (Wildman–Crippen MR) is 52.8 cm³/mol. The molecule has 0 radical (unpaired) electrons. The molecule has 0 spiro atoms. The van der Waals surface area contributed by atoms with Crippen LogP contribution >= 0.6 is 0 Å². The fraction of sp³-hybridized carbons (Fsp3) is 0.200. The second-order valence-corrected chi connectivity index (χ2v) is 3.30. The second kappa shape index (κ2) is 3.79. The lowest BCUT2D eigenvalue weighted by molar-refractivity contribution is -0.566. The van der Waals surface area contributed by atoms with Crippen LogP contribution in [0.2, 0.25) is 0 Å². The average Bonchev–Trinajstić information content (AvgIpc) is 2.43. The number of hydrogen-bond acceptors (Lipinski definition) is 2. The van der Waals surface area contributed by atoms with Gasteiger partial charge in [0.1, 0.15) is 0 Å². The lowest BCUT2D eigenvalue weighted by Crippen LogP contribution is -3.00. The Morgan fingerprint density at radius 3 is 2.67 bits per heavy atom. The number of nitrogen functional groups attached to an aromatic ring is 1. The van der Waals surface area contributed by atoms with Crippen molar-refractivity contribution in [3.05, 3.63) is 29.6 Å². The number of halogens is 1. The van der Waals surface area contributed by atoms with Crippen LogP contribution in [-0.2, 0) is 0 Å². The quantitative estimate of drug-likeness (QED) is 0.399. The minimum atomic E-state index is 0. The highest BCUT2D eigenvalue weighted by Crippen LogP contribution is 2.14. The smallest absolute Gasteiger partial charge is 0.375 e. The Kier molecular flexibility index (Phi) is 2.87. The first-order valence-corrected chi connectivity index (χ1v) is 4.34. The van der Waals surface area contributed by atoms with Crippen molar-refractivity contribution in [2.24, 2.45) is 0 Å². The van der Waals surface area contributed by atoms with Crippen LogP contribution in [0.3, 0.4) is 0 Å². The van der Waals surface area contributed by atoms with E-state index < -0.39 is 0 Å². The summed E-state index contributed by atoms with van der Waals surface area (Å²) < 4.78 is 3.08. The average molecular weight is 223 g/mol. The van der Waals surface area contributed by atoms with E-state index >= 15 is 0 Å². The summed E-state index contributed by atoms with van der Waals surface area (Å²) in [5.74, 6) is 6.56. The Bertz CT molecular complexity index is 551. The maximum absolute atomic E-state index is 9.00. The molecule has 0 aliphatic heterocycles. The number of aryl methyl sites for hydroxylation is 1. The summed E-state index contributed by atoms with van der Waals surface area (Å²) in [6.07, 6.45) is 2.12. The van der Waals surface area contributed by atoms with Crippen LogP contribution in [0.4, 0.5) is 0 Å². The molecule has 0 amide bonds. The van der Waals surface area contributed by atoms with Crippen LogP contribution < -0.4 is 22.8 Å². The molecule has 0 aliphatic rings. The van der Waals surface area contributed by atoms with Gasteiger partial charge in [-0.25, -0.2) is 0 Å². The van der Waals surface area contributed by atoms with Gasteiger partial charge in [0.2, 0.25) is 5.82 Å².